The summed E-state index contributed by atoms with van der Waals surface area (Å²) in [6.45, 7) is 2.38. The predicted molar refractivity (Wildman–Crippen MR) is 99.1 cm³/mol. The number of halogens is 1. The molecule has 0 fully saturated rings. The number of hydrogen-bond acceptors (Lipinski definition) is 4. The largest absolute Gasteiger partial charge is 0.465 e. The fourth-order valence-electron chi connectivity index (χ4n) is 3.39. The molecule has 132 valence electrons. The van der Waals surface area contributed by atoms with Crippen molar-refractivity contribution in [3.63, 3.8) is 0 Å². The molecule has 1 amide bonds. The Balaban J connectivity index is 1.73. The van der Waals surface area contributed by atoms with Crippen LogP contribution in [0.1, 0.15) is 32.0 Å². The summed E-state index contributed by atoms with van der Waals surface area (Å²) in [5.41, 5.74) is 3.50. The van der Waals surface area contributed by atoms with Gasteiger partial charge >= 0.3 is 5.97 Å². The second kappa shape index (κ2) is 6.18. The molecular weight excluding hydrogens is 354 g/mol. The first-order valence-corrected chi connectivity index (χ1v) is 8.59. The first kappa shape index (κ1) is 16.7. The van der Waals surface area contributed by atoms with Crippen molar-refractivity contribution in [2.45, 2.75) is 13.3 Å². The maximum atomic E-state index is 13.1. The van der Waals surface area contributed by atoms with Gasteiger partial charge in [-0.25, -0.2) is 4.79 Å². The van der Waals surface area contributed by atoms with Crippen LogP contribution in [0.25, 0.3) is 11.0 Å². The van der Waals surface area contributed by atoms with Crippen molar-refractivity contribution in [3.05, 3.63) is 63.9 Å². The Morgan fingerprint density at radius 2 is 2.04 bits per heavy atom. The third-order valence-corrected chi connectivity index (χ3v) is 5.05. The highest BCUT2D eigenvalue weighted by Crippen LogP contribution is 2.35. The van der Waals surface area contributed by atoms with Gasteiger partial charge in [-0.3, -0.25) is 4.79 Å². The third kappa shape index (κ3) is 2.47. The van der Waals surface area contributed by atoms with Gasteiger partial charge in [0.25, 0.3) is 5.91 Å². The van der Waals surface area contributed by atoms with Gasteiger partial charge in [-0.2, -0.15) is 0 Å². The second-order valence-electron chi connectivity index (χ2n) is 6.21. The van der Waals surface area contributed by atoms with Crippen LogP contribution < -0.4 is 4.90 Å². The quantitative estimate of drug-likeness (QED) is 0.629. The second-order valence-corrected chi connectivity index (χ2v) is 6.62. The summed E-state index contributed by atoms with van der Waals surface area (Å²) in [6.07, 6.45) is 0.673. The number of hydrogen-bond donors (Lipinski definition) is 0. The molecule has 26 heavy (non-hydrogen) atoms. The van der Waals surface area contributed by atoms with Crippen LogP contribution in [0.15, 0.2) is 40.8 Å². The van der Waals surface area contributed by atoms with Gasteiger partial charge in [0.1, 0.15) is 0 Å². The summed E-state index contributed by atoms with van der Waals surface area (Å²) < 4.78 is 10.6. The summed E-state index contributed by atoms with van der Waals surface area (Å²) in [4.78, 5) is 26.5. The van der Waals surface area contributed by atoms with Crippen LogP contribution in [0.4, 0.5) is 5.69 Å². The fourth-order valence-corrected chi connectivity index (χ4v) is 3.61. The molecule has 0 radical (unpaired) electrons. The highest BCUT2D eigenvalue weighted by Gasteiger charge is 2.30. The van der Waals surface area contributed by atoms with E-state index < -0.39 is 0 Å². The van der Waals surface area contributed by atoms with Crippen molar-refractivity contribution < 1.29 is 18.7 Å². The summed E-state index contributed by atoms with van der Waals surface area (Å²) in [5, 5.41) is 1.32. The summed E-state index contributed by atoms with van der Waals surface area (Å²) in [7, 11) is 1.35. The Labute approximate surface area is 155 Å². The molecule has 1 aliphatic rings. The van der Waals surface area contributed by atoms with Crippen molar-refractivity contribution >= 4 is 40.1 Å². The Morgan fingerprint density at radius 3 is 2.77 bits per heavy atom. The molecule has 2 aromatic carbocycles. The van der Waals surface area contributed by atoms with Gasteiger partial charge in [0.05, 0.1) is 17.7 Å². The molecule has 0 unspecified atom stereocenters. The minimum Gasteiger partial charge on any atom is -0.465 e. The number of benzene rings is 2. The lowest BCUT2D eigenvalue weighted by molar-refractivity contribution is 0.0600. The molecule has 0 atom stereocenters. The third-order valence-electron chi connectivity index (χ3n) is 4.75. The summed E-state index contributed by atoms with van der Waals surface area (Å²) in [6, 6.07) is 10.7. The molecule has 0 saturated carbocycles. The predicted octanol–water partition coefficient (Wildman–Crippen LogP) is 4.38. The number of ether oxygens (including phenoxy) is 1. The molecule has 5 nitrogen and oxygen atoms in total. The van der Waals surface area contributed by atoms with E-state index in [0.29, 0.717) is 29.1 Å². The molecule has 0 bridgehead atoms. The smallest absolute Gasteiger partial charge is 0.337 e. The minimum absolute atomic E-state index is 0.209. The first-order chi connectivity index (χ1) is 12.5. The zero-order chi connectivity index (χ0) is 18.4. The van der Waals surface area contributed by atoms with E-state index in [0.717, 1.165) is 22.2 Å². The zero-order valence-electron chi connectivity index (χ0n) is 14.3. The number of furan rings is 1. The summed E-state index contributed by atoms with van der Waals surface area (Å²) in [5.74, 6) is -0.308. The normalized spacial score (nSPS) is 13.1. The number of aryl methyl sites for hydroxylation is 1. The monoisotopic (exact) mass is 369 g/mol. The van der Waals surface area contributed by atoms with E-state index in [1.807, 2.05) is 19.1 Å². The Kier molecular flexibility index (Phi) is 3.96. The molecule has 0 saturated heterocycles. The SMILES string of the molecule is COC(=O)c1ccc2c(c1)CCN2C(=O)c1oc2c(Cl)cccc2c1C. The van der Waals surface area contributed by atoms with E-state index in [2.05, 4.69) is 0 Å². The lowest BCUT2D eigenvalue weighted by Gasteiger charge is -2.16. The van der Waals surface area contributed by atoms with Crippen molar-refractivity contribution in [3.8, 4) is 0 Å². The maximum absolute atomic E-state index is 13.1. The molecule has 3 aromatic rings. The van der Waals surface area contributed by atoms with Crippen LogP contribution in [-0.4, -0.2) is 25.5 Å². The Hall–Kier alpha value is -2.79. The number of esters is 1. The van der Waals surface area contributed by atoms with Gasteiger partial charge in [-0.05, 0) is 43.2 Å². The number of fused-ring (bicyclic) bond motifs is 2. The summed E-state index contributed by atoms with van der Waals surface area (Å²) >= 11 is 6.19. The van der Waals surface area contributed by atoms with Crippen molar-refractivity contribution in [2.75, 3.05) is 18.6 Å². The molecule has 6 heteroatoms. The molecule has 1 aliphatic heterocycles. The van der Waals surface area contributed by atoms with Crippen molar-refractivity contribution in [1.29, 1.82) is 0 Å². The number of methoxy groups -OCH3 is 1. The minimum atomic E-state index is -0.389. The van der Waals surface area contributed by atoms with Crippen LogP contribution in [0.3, 0.4) is 0 Å². The number of nitrogens with zero attached hydrogens (tertiary/aromatic N) is 1. The van der Waals surface area contributed by atoms with E-state index in [1.54, 1.807) is 29.2 Å². The van der Waals surface area contributed by atoms with Crippen LogP contribution in [0.2, 0.25) is 5.02 Å². The maximum Gasteiger partial charge on any atom is 0.337 e. The van der Waals surface area contributed by atoms with Gasteiger partial charge in [0.2, 0.25) is 0 Å². The van der Waals surface area contributed by atoms with Crippen molar-refractivity contribution in [2.24, 2.45) is 0 Å². The number of rotatable bonds is 2. The van der Waals surface area contributed by atoms with E-state index >= 15 is 0 Å². The molecule has 2 heterocycles. The molecular formula is C20H16ClNO4. The number of para-hydroxylation sites is 1. The number of anilines is 1. The standard InChI is InChI=1S/C20H16ClNO4/c1-11-14-4-3-5-15(21)18(14)26-17(11)19(23)22-9-8-12-10-13(20(24)25-2)6-7-16(12)22/h3-7,10H,8-9H2,1-2H3. The lowest BCUT2D eigenvalue weighted by Crippen LogP contribution is -2.29. The highest BCUT2D eigenvalue weighted by molar-refractivity contribution is 6.35. The van der Waals surface area contributed by atoms with E-state index in [1.165, 1.54) is 7.11 Å². The number of carbonyl (C=O) groups excluding carboxylic acids is 2. The van der Waals surface area contributed by atoms with E-state index in [4.69, 9.17) is 20.8 Å². The molecule has 4 rings (SSSR count). The van der Waals surface area contributed by atoms with Crippen LogP contribution in [-0.2, 0) is 11.2 Å². The van der Waals surface area contributed by atoms with Gasteiger partial charge < -0.3 is 14.1 Å². The topological polar surface area (TPSA) is 59.8 Å². The van der Waals surface area contributed by atoms with E-state index in [9.17, 15) is 9.59 Å². The number of carbonyl (C=O) groups is 2. The average molecular weight is 370 g/mol. The molecule has 1 aromatic heterocycles. The highest BCUT2D eigenvalue weighted by atomic mass is 35.5. The van der Waals surface area contributed by atoms with Crippen LogP contribution in [0, 0.1) is 6.92 Å². The van der Waals surface area contributed by atoms with Crippen molar-refractivity contribution in [1.82, 2.24) is 0 Å². The van der Waals surface area contributed by atoms with E-state index in [-0.39, 0.29) is 17.6 Å². The van der Waals surface area contributed by atoms with Gasteiger partial charge in [0.15, 0.2) is 11.3 Å². The van der Waals surface area contributed by atoms with Crippen LogP contribution >= 0.6 is 11.6 Å². The molecule has 0 spiro atoms. The Bertz CT molecular complexity index is 1050. The van der Waals surface area contributed by atoms with Gasteiger partial charge in [0, 0.05) is 23.2 Å². The lowest BCUT2D eigenvalue weighted by atomic mass is 10.1. The molecule has 0 aliphatic carbocycles. The first-order valence-electron chi connectivity index (χ1n) is 8.22. The van der Waals surface area contributed by atoms with Gasteiger partial charge in [-0.15, -0.1) is 0 Å². The average Bonchev–Trinajstić information content (AvgIpc) is 3.22. The van der Waals surface area contributed by atoms with Gasteiger partial charge in [-0.1, -0.05) is 23.7 Å². The zero-order valence-corrected chi connectivity index (χ0v) is 15.1. The Morgan fingerprint density at radius 1 is 1.23 bits per heavy atom. The number of amides is 1. The van der Waals surface area contributed by atoms with Crippen LogP contribution in [0.5, 0.6) is 0 Å². The molecule has 0 N–H and O–H groups in total. The fraction of sp³-hybridized carbons (Fsp3) is 0.200.